The van der Waals surface area contributed by atoms with Crippen molar-refractivity contribution in [1.29, 1.82) is 0 Å². The van der Waals surface area contributed by atoms with Gasteiger partial charge in [0, 0.05) is 29.4 Å². The van der Waals surface area contributed by atoms with E-state index in [0.717, 1.165) is 22.4 Å². The third-order valence-corrected chi connectivity index (χ3v) is 3.80. The Labute approximate surface area is 133 Å². The second kappa shape index (κ2) is 7.13. The summed E-state index contributed by atoms with van der Waals surface area (Å²) in [5.41, 5.74) is 4.20. The lowest BCUT2D eigenvalue weighted by Crippen LogP contribution is -2.24. The molecule has 0 bridgehead atoms. The molecule has 4 nitrogen and oxygen atoms in total. The van der Waals surface area contributed by atoms with Crippen LogP contribution >= 0.6 is 15.9 Å². The van der Waals surface area contributed by atoms with E-state index in [2.05, 4.69) is 57.0 Å². The minimum Gasteiger partial charge on any atom is -0.381 e. The maximum absolute atomic E-state index is 11.2. The monoisotopic (exact) mass is 347 g/mol. The SMILES string of the molecule is CNC(=O)Nc1ccc(NCc2ccc(C)cc2Br)cc1. The Balaban J connectivity index is 1.96. The van der Waals surface area contributed by atoms with E-state index < -0.39 is 0 Å². The molecule has 0 atom stereocenters. The Morgan fingerprint density at radius 3 is 2.38 bits per heavy atom. The third kappa shape index (κ3) is 4.49. The lowest BCUT2D eigenvalue weighted by molar-refractivity contribution is 0.254. The van der Waals surface area contributed by atoms with Crippen molar-refractivity contribution in [1.82, 2.24) is 5.32 Å². The highest BCUT2D eigenvalue weighted by molar-refractivity contribution is 9.10. The van der Waals surface area contributed by atoms with Gasteiger partial charge >= 0.3 is 6.03 Å². The number of urea groups is 1. The Bertz CT molecular complexity index is 626. The number of anilines is 2. The average Bonchev–Trinajstić information content (AvgIpc) is 2.48. The molecule has 0 aliphatic carbocycles. The Kier molecular flexibility index (Phi) is 5.22. The van der Waals surface area contributed by atoms with Crippen LogP contribution in [0.15, 0.2) is 46.9 Å². The van der Waals surface area contributed by atoms with Crippen LogP contribution < -0.4 is 16.0 Å². The van der Waals surface area contributed by atoms with Gasteiger partial charge in [-0.25, -0.2) is 4.79 Å². The average molecular weight is 348 g/mol. The number of hydrogen-bond donors (Lipinski definition) is 3. The molecule has 0 aromatic heterocycles. The van der Waals surface area contributed by atoms with Crippen LogP contribution in [-0.4, -0.2) is 13.1 Å². The summed E-state index contributed by atoms with van der Waals surface area (Å²) in [6.45, 7) is 2.81. The molecule has 2 aromatic carbocycles. The van der Waals surface area contributed by atoms with E-state index in [0.29, 0.717) is 0 Å². The van der Waals surface area contributed by atoms with Crippen LogP contribution in [0.25, 0.3) is 0 Å². The fraction of sp³-hybridized carbons (Fsp3) is 0.188. The lowest BCUT2D eigenvalue weighted by Gasteiger charge is -2.10. The Morgan fingerprint density at radius 1 is 1.10 bits per heavy atom. The van der Waals surface area contributed by atoms with Crippen molar-refractivity contribution in [3.8, 4) is 0 Å². The standard InChI is InChI=1S/C16H18BrN3O/c1-11-3-4-12(15(17)9-11)10-19-13-5-7-14(8-6-13)20-16(21)18-2/h3-9,19H,10H2,1-2H3,(H2,18,20,21). The van der Waals surface area contributed by atoms with Crippen molar-refractivity contribution < 1.29 is 4.79 Å². The molecular formula is C16H18BrN3O. The predicted molar refractivity (Wildman–Crippen MR) is 90.7 cm³/mol. The van der Waals surface area contributed by atoms with Crippen LogP contribution in [0.2, 0.25) is 0 Å². The summed E-state index contributed by atoms with van der Waals surface area (Å²) in [6.07, 6.45) is 0. The molecule has 2 rings (SSSR count). The first kappa shape index (κ1) is 15.4. The van der Waals surface area contributed by atoms with E-state index >= 15 is 0 Å². The van der Waals surface area contributed by atoms with Crippen molar-refractivity contribution in [2.75, 3.05) is 17.7 Å². The molecule has 21 heavy (non-hydrogen) atoms. The number of hydrogen-bond acceptors (Lipinski definition) is 2. The van der Waals surface area contributed by atoms with Crippen LogP contribution in [0.5, 0.6) is 0 Å². The van der Waals surface area contributed by atoms with Gasteiger partial charge in [-0.05, 0) is 48.4 Å². The lowest BCUT2D eigenvalue weighted by atomic mass is 10.1. The summed E-state index contributed by atoms with van der Waals surface area (Å²) in [7, 11) is 1.59. The second-order valence-corrected chi connectivity index (χ2v) is 5.58. The quantitative estimate of drug-likeness (QED) is 0.779. The fourth-order valence-electron chi connectivity index (χ4n) is 1.86. The zero-order chi connectivity index (χ0) is 15.2. The number of amides is 2. The van der Waals surface area contributed by atoms with E-state index in [1.165, 1.54) is 11.1 Å². The number of benzene rings is 2. The molecule has 2 aromatic rings. The molecule has 0 aliphatic heterocycles. The van der Waals surface area contributed by atoms with Gasteiger partial charge in [0.25, 0.3) is 0 Å². The number of rotatable bonds is 4. The molecular weight excluding hydrogens is 330 g/mol. The van der Waals surface area contributed by atoms with Gasteiger partial charge < -0.3 is 16.0 Å². The summed E-state index contributed by atoms with van der Waals surface area (Å²) >= 11 is 3.57. The second-order valence-electron chi connectivity index (χ2n) is 4.73. The fourth-order valence-corrected chi connectivity index (χ4v) is 2.49. The summed E-state index contributed by atoms with van der Waals surface area (Å²) in [5.74, 6) is 0. The first-order chi connectivity index (χ1) is 10.1. The predicted octanol–water partition coefficient (Wildman–Crippen LogP) is 4.12. The molecule has 3 N–H and O–H groups in total. The van der Waals surface area contributed by atoms with Gasteiger partial charge in [0.05, 0.1) is 0 Å². The minimum atomic E-state index is -0.223. The van der Waals surface area contributed by atoms with E-state index in [4.69, 9.17) is 0 Å². The molecule has 2 amide bonds. The maximum atomic E-state index is 11.2. The normalized spacial score (nSPS) is 10.0. The third-order valence-electron chi connectivity index (χ3n) is 3.06. The largest absolute Gasteiger partial charge is 0.381 e. The van der Waals surface area contributed by atoms with Crippen LogP contribution in [0.4, 0.5) is 16.2 Å². The molecule has 0 saturated carbocycles. The number of carbonyl (C=O) groups is 1. The molecule has 5 heteroatoms. The summed E-state index contributed by atoms with van der Waals surface area (Å²) in [6, 6.07) is 13.7. The zero-order valence-electron chi connectivity index (χ0n) is 12.0. The topological polar surface area (TPSA) is 53.2 Å². The summed E-state index contributed by atoms with van der Waals surface area (Å²) in [5, 5.41) is 8.59. The highest BCUT2D eigenvalue weighted by atomic mass is 79.9. The van der Waals surface area contributed by atoms with E-state index in [1.807, 2.05) is 24.3 Å². The molecule has 0 spiro atoms. The van der Waals surface area contributed by atoms with Crippen molar-refractivity contribution in [3.05, 3.63) is 58.1 Å². The van der Waals surface area contributed by atoms with Crippen LogP contribution in [-0.2, 0) is 6.54 Å². The summed E-state index contributed by atoms with van der Waals surface area (Å²) in [4.78, 5) is 11.2. The Morgan fingerprint density at radius 2 is 1.76 bits per heavy atom. The highest BCUT2D eigenvalue weighted by Crippen LogP contribution is 2.20. The first-order valence-corrected chi connectivity index (χ1v) is 7.45. The highest BCUT2D eigenvalue weighted by Gasteiger charge is 2.01. The van der Waals surface area contributed by atoms with Gasteiger partial charge in [-0.3, -0.25) is 0 Å². The minimum absolute atomic E-state index is 0.223. The Hall–Kier alpha value is -2.01. The first-order valence-electron chi connectivity index (χ1n) is 6.66. The van der Waals surface area contributed by atoms with E-state index in [1.54, 1.807) is 7.05 Å². The van der Waals surface area contributed by atoms with Crippen LogP contribution in [0, 0.1) is 6.92 Å². The molecule has 0 fully saturated rings. The van der Waals surface area contributed by atoms with Gasteiger partial charge in [-0.1, -0.05) is 28.1 Å². The number of halogens is 1. The van der Waals surface area contributed by atoms with Gasteiger partial charge in [-0.2, -0.15) is 0 Å². The molecule has 110 valence electrons. The molecule has 0 aliphatic rings. The van der Waals surface area contributed by atoms with Crippen molar-refractivity contribution >= 4 is 33.3 Å². The van der Waals surface area contributed by atoms with Crippen molar-refractivity contribution in [2.45, 2.75) is 13.5 Å². The molecule has 0 saturated heterocycles. The van der Waals surface area contributed by atoms with Gasteiger partial charge in [0.2, 0.25) is 0 Å². The molecule has 0 radical (unpaired) electrons. The smallest absolute Gasteiger partial charge is 0.318 e. The number of carbonyl (C=O) groups excluding carboxylic acids is 1. The molecule has 0 unspecified atom stereocenters. The summed E-state index contributed by atoms with van der Waals surface area (Å²) < 4.78 is 1.10. The van der Waals surface area contributed by atoms with Crippen molar-refractivity contribution in [2.24, 2.45) is 0 Å². The number of aryl methyl sites for hydroxylation is 1. The van der Waals surface area contributed by atoms with Crippen molar-refractivity contribution in [3.63, 3.8) is 0 Å². The van der Waals surface area contributed by atoms with Crippen LogP contribution in [0.1, 0.15) is 11.1 Å². The molecule has 0 heterocycles. The van der Waals surface area contributed by atoms with E-state index in [-0.39, 0.29) is 6.03 Å². The van der Waals surface area contributed by atoms with Crippen LogP contribution in [0.3, 0.4) is 0 Å². The number of nitrogens with one attached hydrogen (secondary N) is 3. The van der Waals surface area contributed by atoms with E-state index in [9.17, 15) is 4.79 Å². The van der Waals surface area contributed by atoms with Gasteiger partial charge in [0.1, 0.15) is 0 Å². The maximum Gasteiger partial charge on any atom is 0.318 e. The van der Waals surface area contributed by atoms with Gasteiger partial charge in [0.15, 0.2) is 0 Å². The van der Waals surface area contributed by atoms with Gasteiger partial charge in [-0.15, -0.1) is 0 Å². The zero-order valence-corrected chi connectivity index (χ0v) is 13.6.